The second-order valence-electron chi connectivity index (χ2n) is 19.6. The predicted octanol–water partition coefficient (Wildman–Crippen LogP) is 0.954. The van der Waals surface area contributed by atoms with Gasteiger partial charge in [-0.1, -0.05) is 37.8 Å². The third-order valence-electron chi connectivity index (χ3n) is 11.3. The Kier molecular flexibility index (Phi) is 37.8. The number of ketones is 3. The van der Waals surface area contributed by atoms with Crippen LogP contribution in [0.1, 0.15) is 56.0 Å². The molecule has 0 amide bonds. The first-order valence-corrected chi connectivity index (χ1v) is 35.6. The SMILES string of the molecule is C.CC(=O)[C@@H](N)Cc1ccc(O)c(OCOP(=O)(O)O)c1.CC(=O)[C@@H](N)Cc1ccc(OCOP(=O)(O)O)c(O)c1.CC(=O)[C@@H](N)Cc1ccc(OP(=O)(O)O)c(OP(=O)(O)O)c1.N[C@@H](Cc1ccc(O)c(OP(=O)(O)O)c1)C(=O)O.N[C@@H](Cc1ccc(OP(=O)(O)O)c(O)c1)C(=O)O. The highest BCUT2D eigenvalue weighted by Gasteiger charge is 2.27. The van der Waals surface area contributed by atoms with Gasteiger partial charge in [0.15, 0.2) is 57.5 Å². The average Bonchev–Trinajstić information content (AvgIpc) is 0.849. The van der Waals surface area contributed by atoms with Crippen molar-refractivity contribution >= 4 is 76.2 Å². The number of benzene rings is 5. The van der Waals surface area contributed by atoms with E-state index in [2.05, 4.69) is 27.1 Å². The lowest BCUT2D eigenvalue weighted by Crippen LogP contribution is -2.32. The summed E-state index contributed by atoms with van der Waals surface area (Å²) in [6.45, 7) is 2.60. The second kappa shape index (κ2) is 40.8. The highest BCUT2D eigenvalue weighted by atomic mass is 31.2. The number of hydrogen-bond acceptors (Lipinski definition) is 28. The summed E-state index contributed by atoms with van der Waals surface area (Å²) in [5.74, 6) is -6.46. The van der Waals surface area contributed by atoms with Crippen molar-refractivity contribution < 1.29 is 177 Å². The van der Waals surface area contributed by atoms with Crippen molar-refractivity contribution in [2.75, 3.05) is 13.6 Å². The van der Waals surface area contributed by atoms with E-state index in [0.29, 0.717) is 27.8 Å². The number of carboxylic acids is 2. The van der Waals surface area contributed by atoms with Crippen molar-refractivity contribution in [2.24, 2.45) is 28.7 Å². The van der Waals surface area contributed by atoms with E-state index in [0.717, 1.165) is 36.4 Å². The Bertz CT molecular complexity index is 3830. The molecule has 0 spiro atoms. The summed E-state index contributed by atoms with van der Waals surface area (Å²) in [5, 5.41) is 55.2. The number of phosphoric ester groups is 6. The largest absolute Gasteiger partial charge is 0.524 e. The van der Waals surface area contributed by atoms with E-state index >= 15 is 0 Å². The Hall–Kier alpha value is -7.33. The number of carbonyl (C=O) groups is 5. The van der Waals surface area contributed by atoms with Gasteiger partial charge in [0.25, 0.3) is 0 Å². The molecule has 0 heterocycles. The maximum atomic E-state index is 11.1. The minimum absolute atomic E-state index is 0. The highest BCUT2D eigenvalue weighted by molar-refractivity contribution is 7.48. The van der Waals surface area contributed by atoms with Gasteiger partial charge in [0, 0.05) is 0 Å². The summed E-state index contributed by atoms with van der Waals surface area (Å²) in [6.07, 6.45) is 0.475. The van der Waals surface area contributed by atoms with Crippen LogP contribution < -0.4 is 56.2 Å². The van der Waals surface area contributed by atoms with Crippen LogP contribution in [0.3, 0.4) is 0 Å². The van der Waals surface area contributed by atoms with E-state index in [1.807, 2.05) is 0 Å². The first-order valence-electron chi connectivity index (χ1n) is 26.4. The van der Waals surface area contributed by atoms with Gasteiger partial charge in [-0.2, -0.15) is 0 Å². The van der Waals surface area contributed by atoms with Gasteiger partial charge in [-0.05, 0) is 141 Å². The van der Waals surface area contributed by atoms with Crippen LogP contribution >= 0.6 is 46.9 Å². The van der Waals surface area contributed by atoms with E-state index in [9.17, 15) is 71.8 Å². The molecule has 0 saturated carbocycles. The molecule has 0 bridgehead atoms. The third kappa shape index (κ3) is 41.1. The quantitative estimate of drug-likeness (QED) is 0.0217. The number of aromatic hydroxyl groups is 4. The van der Waals surface area contributed by atoms with Crippen molar-refractivity contribution in [3.8, 4) is 57.5 Å². The number of carbonyl (C=O) groups excluding carboxylic acids is 3. The number of rotatable bonds is 31. The molecule has 5 aromatic rings. The lowest BCUT2D eigenvalue weighted by molar-refractivity contribution is -0.139. The number of nitrogens with two attached hydrogens (primary N) is 5. The fourth-order valence-electron chi connectivity index (χ4n) is 6.67. The van der Waals surface area contributed by atoms with E-state index in [1.54, 1.807) is 12.1 Å². The molecule has 28 N–H and O–H groups in total. The maximum Gasteiger partial charge on any atom is 0.524 e. The number of phenols is 4. The number of ether oxygens (including phenoxy) is 2. The molecule has 42 nitrogen and oxygen atoms in total. The van der Waals surface area contributed by atoms with E-state index in [4.69, 9.17) is 107 Å². The van der Waals surface area contributed by atoms with Crippen molar-refractivity contribution in [2.45, 2.75) is 90.5 Å². The molecule has 48 heteroatoms. The van der Waals surface area contributed by atoms with Gasteiger partial charge in [-0.15, -0.1) is 0 Å². The molecule has 5 rings (SSSR count). The molecule has 0 unspecified atom stereocenters. The molecular weight excluding hydrogens is 1460 g/mol. The lowest BCUT2D eigenvalue weighted by atomic mass is 10.0. The topological polar surface area (TPSA) is 756 Å². The molecule has 0 aliphatic heterocycles. The number of phosphoric acid groups is 6. The molecule has 5 aromatic carbocycles. The molecule has 556 valence electrons. The van der Waals surface area contributed by atoms with Crippen LogP contribution in [-0.4, -0.2) is 162 Å². The van der Waals surface area contributed by atoms with Crippen LogP contribution in [0.2, 0.25) is 0 Å². The summed E-state index contributed by atoms with van der Waals surface area (Å²) in [7, 11) is -28.7. The van der Waals surface area contributed by atoms with Gasteiger partial charge in [0.05, 0.1) is 18.1 Å². The average molecular weight is 1540 g/mol. The molecule has 99 heavy (non-hydrogen) atoms. The Labute approximate surface area is 560 Å². The summed E-state index contributed by atoms with van der Waals surface area (Å²) in [5.41, 5.74) is 29.8. The van der Waals surface area contributed by atoms with Gasteiger partial charge in [-0.25, -0.2) is 36.4 Å². The summed E-state index contributed by atoms with van der Waals surface area (Å²) in [6, 6.07) is 14.9. The second-order valence-corrected chi connectivity index (χ2v) is 26.8. The molecule has 0 aromatic heterocycles. The number of phenolic OH excluding ortho intramolecular Hbond substituents is 4. The fourth-order valence-corrected chi connectivity index (χ4v) is 8.67. The Morgan fingerprint density at radius 2 is 0.586 bits per heavy atom. The fraction of sp³-hybridized carbons (Fsp3) is 0.314. The van der Waals surface area contributed by atoms with Crippen molar-refractivity contribution in [3.63, 3.8) is 0 Å². The van der Waals surface area contributed by atoms with Crippen molar-refractivity contribution in [1.82, 2.24) is 0 Å². The maximum absolute atomic E-state index is 11.1. The molecule has 0 radical (unpaired) electrons. The standard InChI is InChI=1S/2C11H16NO7P.C10H15NO9P2.2C9H12NO7P.CH4/c1-7(13)9(12)4-8-2-3-11(10(14)5-8)18-6-19-20(15,16)17;1-7(13)9(12)4-8-2-3-10(14)11(5-8)18-6-19-20(15,16)17;1-6(12)8(11)4-7-2-3-9(19-21(13,14)15)10(5-7)20-22(16,17)18;10-6(9(12)13)3-5-1-2-8(7(11)4-5)17-18(14,15)16;10-6(9(12)13)3-5-1-2-7(11)8(4-5)17-18(14,15)16;/h2*2-3,5,9,14H,4,6,12H2,1H3,(H2,15,16,17);2-3,5,8H,4,11H2,1H3,(H2,13,14,15)(H2,16,17,18);2*1-2,4,6,11H,3,10H2,(H,12,13)(H2,14,15,16);1H4/t2*9-;8-;2*6-;/m00000./s1. The van der Waals surface area contributed by atoms with Crippen LogP contribution in [-0.2, 0) is 92.5 Å². The van der Waals surface area contributed by atoms with Crippen LogP contribution in [0, 0.1) is 0 Å². The lowest BCUT2D eigenvalue weighted by Gasteiger charge is -2.15. The number of aliphatic carboxylic acids is 2. The van der Waals surface area contributed by atoms with Gasteiger partial charge in [0.2, 0.25) is 13.6 Å². The van der Waals surface area contributed by atoms with Crippen LogP contribution in [0.5, 0.6) is 57.5 Å². The molecule has 0 aliphatic rings. The number of carboxylic acid groups (broad SMARTS) is 2. The third-order valence-corrected chi connectivity index (χ3v) is 13.9. The van der Waals surface area contributed by atoms with Gasteiger partial charge < -0.3 is 106 Å². The van der Waals surface area contributed by atoms with Crippen LogP contribution in [0.15, 0.2) is 91.0 Å². The number of Topliss-reactive ketones (excluding diaryl/α,β-unsaturated/α-hetero) is 3. The zero-order valence-corrected chi connectivity index (χ0v) is 56.2. The first-order chi connectivity index (χ1) is 44.6. The zero-order chi connectivity index (χ0) is 75.6. The smallest absolute Gasteiger partial charge is 0.504 e. The molecule has 0 fully saturated rings. The Morgan fingerprint density at radius 1 is 0.333 bits per heavy atom. The molecular formula is C51H75N5O37P6. The van der Waals surface area contributed by atoms with Gasteiger partial charge >= 0.3 is 58.9 Å². The van der Waals surface area contributed by atoms with E-state index in [-0.39, 0.29) is 79.9 Å². The Morgan fingerprint density at radius 3 is 0.909 bits per heavy atom. The zero-order valence-electron chi connectivity index (χ0n) is 50.9. The molecule has 0 saturated heterocycles. The Balaban J connectivity index is 0.00000121. The summed E-state index contributed by atoms with van der Waals surface area (Å²) in [4.78, 5) is 158. The van der Waals surface area contributed by atoms with Crippen molar-refractivity contribution in [1.29, 1.82) is 0 Å². The van der Waals surface area contributed by atoms with E-state index in [1.165, 1.54) is 63.2 Å². The summed E-state index contributed by atoms with van der Waals surface area (Å²) >= 11 is 0. The first kappa shape index (κ1) is 91.7. The van der Waals surface area contributed by atoms with Crippen molar-refractivity contribution in [3.05, 3.63) is 119 Å². The van der Waals surface area contributed by atoms with Gasteiger partial charge in [-0.3, -0.25) is 63.1 Å². The highest BCUT2D eigenvalue weighted by Crippen LogP contribution is 2.48. The normalized spacial score (nSPS) is 13.0. The van der Waals surface area contributed by atoms with Gasteiger partial charge in [0.1, 0.15) is 29.4 Å². The minimum atomic E-state index is -4.98. The predicted molar refractivity (Wildman–Crippen MR) is 339 cm³/mol. The van der Waals surface area contributed by atoms with Crippen LogP contribution in [0.25, 0.3) is 0 Å². The minimum Gasteiger partial charge on any atom is -0.504 e. The number of hydrogen-bond donors (Lipinski definition) is 23. The van der Waals surface area contributed by atoms with E-state index < -0.39 is 137 Å². The summed E-state index contributed by atoms with van der Waals surface area (Å²) < 4.78 is 98.9. The molecule has 5 atom stereocenters. The monoisotopic (exact) mass is 1540 g/mol. The van der Waals surface area contributed by atoms with Crippen LogP contribution in [0.4, 0.5) is 0 Å². The molecule has 0 aliphatic carbocycles.